The van der Waals surface area contributed by atoms with Gasteiger partial charge in [-0.1, -0.05) is 37.6 Å². The number of benzene rings is 1. The summed E-state index contributed by atoms with van der Waals surface area (Å²) in [5.41, 5.74) is 8.51. The molecule has 0 aromatic heterocycles. The van der Waals surface area contributed by atoms with Gasteiger partial charge < -0.3 is 10.6 Å². The van der Waals surface area contributed by atoms with Gasteiger partial charge in [-0.2, -0.15) is 0 Å². The number of amides is 1. The lowest BCUT2D eigenvalue weighted by molar-refractivity contribution is -0.133. The molecule has 0 spiro atoms. The molecule has 1 aromatic rings. The van der Waals surface area contributed by atoms with Crippen LogP contribution in [0.2, 0.25) is 0 Å². The van der Waals surface area contributed by atoms with Crippen LogP contribution in [0.15, 0.2) is 24.3 Å². The predicted molar refractivity (Wildman–Crippen MR) is 68.4 cm³/mol. The van der Waals surface area contributed by atoms with Crippen LogP contribution in [0.25, 0.3) is 0 Å². The summed E-state index contributed by atoms with van der Waals surface area (Å²) < 4.78 is 0. The van der Waals surface area contributed by atoms with E-state index in [1.165, 1.54) is 11.1 Å². The number of fused-ring (bicyclic) bond motifs is 1. The molecule has 1 aliphatic rings. The van der Waals surface area contributed by atoms with Crippen molar-refractivity contribution in [2.75, 3.05) is 6.54 Å². The number of hydrogen-bond donors (Lipinski definition) is 1. The van der Waals surface area contributed by atoms with Gasteiger partial charge in [0.1, 0.15) is 0 Å². The number of nitrogens with zero attached hydrogens (tertiary/aromatic N) is 1. The molecule has 2 N–H and O–H groups in total. The van der Waals surface area contributed by atoms with Crippen molar-refractivity contribution in [2.45, 2.75) is 38.8 Å². The Hall–Kier alpha value is -1.35. The minimum Gasteiger partial charge on any atom is -0.337 e. The molecule has 1 aromatic carbocycles. The second kappa shape index (κ2) is 5.32. The number of carbonyl (C=O) groups excluding carboxylic acids is 1. The van der Waals surface area contributed by atoms with Gasteiger partial charge in [-0.3, -0.25) is 4.79 Å². The van der Waals surface area contributed by atoms with Crippen LogP contribution in [0.5, 0.6) is 0 Å². The molecule has 17 heavy (non-hydrogen) atoms. The van der Waals surface area contributed by atoms with Crippen LogP contribution < -0.4 is 5.73 Å². The van der Waals surface area contributed by atoms with E-state index in [0.717, 1.165) is 25.8 Å². The molecule has 1 aliphatic heterocycles. The maximum atomic E-state index is 12.1. The van der Waals surface area contributed by atoms with E-state index in [0.29, 0.717) is 6.54 Å². The summed E-state index contributed by atoms with van der Waals surface area (Å²) in [6, 6.07) is 7.99. The highest BCUT2D eigenvalue weighted by Crippen LogP contribution is 2.19. The summed E-state index contributed by atoms with van der Waals surface area (Å²) in [5.74, 6) is 0.0985. The van der Waals surface area contributed by atoms with Crippen LogP contribution in [-0.4, -0.2) is 23.4 Å². The van der Waals surface area contributed by atoms with Crippen molar-refractivity contribution in [3.8, 4) is 0 Å². The third-order valence-corrected chi connectivity index (χ3v) is 3.36. The van der Waals surface area contributed by atoms with E-state index < -0.39 is 0 Å². The quantitative estimate of drug-likeness (QED) is 0.862. The highest BCUT2D eigenvalue weighted by Gasteiger charge is 2.23. The maximum absolute atomic E-state index is 12.1. The molecule has 0 fully saturated rings. The molecule has 1 heterocycles. The van der Waals surface area contributed by atoms with Crippen molar-refractivity contribution in [3.63, 3.8) is 0 Å². The second-order valence-corrected chi connectivity index (χ2v) is 4.67. The predicted octanol–water partition coefficient (Wildman–Crippen LogP) is 1.70. The van der Waals surface area contributed by atoms with Gasteiger partial charge in [0.2, 0.25) is 5.91 Å². The number of carbonyl (C=O) groups is 1. The van der Waals surface area contributed by atoms with Crippen LogP contribution in [0.3, 0.4) is 0 Å². The lowest BCUT2D eigenvalue weighted by Crippen LogP contribution is -2.45. The first kappa shape index (κ1) is 12.1. The fraction of sp³-hybridized carbons (Fsp3) is 0.500. The molecule has 2 rings (SSSR count). The third-order valence-electron chi connectivity index (χ3n) is 3.36. The van der Waals surface area contributed by atoms with Crippen LogP contribution in [0.4, 0.5) is 0 Å². The Bertz CT molecular complexity index is 403. The van der Waals surface area contributed by atoms with Crippen molar-refractivity contribution in [1.29, 1.82) is 0 Å². The first-order valence-corrected chi connectivity index (χ1v) is 6.33. The van der Waals surface area contributed by atoms with Gasteiger partial charge in [0.15, 0.2) is 0 Å². The Balaban J connectivity index is 2.05. The largest absolute Gasteiger partial charge is 0.337 e. The average molecular weight is 232 g/mol. The number of hydrogen-bond acceptors (Lipinski definition) is 2. The van der Waals surface area contributed by atoms with Crippen molar-refractivity contribution < 1.29 is 4.79 Å². The standard InChI is InChI=1S/C14H20N2O/c1-2-5-13(15)14(17)16-9-8-11-6-3-4-7-12(11)10-16/h3-4,6-7,13H,2,5,8-10,15H2,1H3. The molecule has 0 radical (unpaired) electrons. The Morgan fingerprint density at radius 3 is 2.82 bits per heavy atom. The van der Waals surface area contributed by atoms with Gasteiger partial charge >= 0.3 is 0 Å². The third kappa shape index (κ3) is 2.67. The topological polar surface area (TPSA) is 46.3 Å². The van der Waals surface area contributed by atoms with Gasteiger partial charge in [0.25, 0.3) is 0 Å². The van der Waals surface area contributed by atoms with E-state index in [1.54, 1.807) is 0 Å². The molecular formula is C14H20N2O. The summed E-state index contributed by atoms with van der Waals surface area (Å²) in [6.07, 6.45) is 2.68. The second-order valence-electron chi connectivity index (χ2n) is 4.67. The Kier molecular flexibility index (Phi) is 3.79. The zero-order chi connectivity index (χ0) is 12.3. The summed E-state index contributed by atoms with van der Waals surface area (Å²) in [5, 5.41) is 0. The number of rotatable bonds is 3. The van der Waals surface area contributed by atoms with Crippen molar-refractivity contribution in [3.05, 3.63) is 35.4 Å². The van der Waals surface area contributed by atoms with Gasteiger partial charge in [0.05, 0.1) is 6.04 Å². The molecule has 1 unspecified atom stereocenters. The van der Waals surface area contributed by atoms with Gasteiger partial charge in [-0.05, 0) is 24.0 Å². The SMILES string of the molecule is CCCC(N)C(=O)N1CCc2ccccc2C1. The summed E-state index contributed by atoms with van der Waals surface area (Å²) >= 11 is 0. The van der Waals surface area contributed by atoms with Crippen LogP contribution in [0, 0.1) is 0 Å². The van der Waals surface area contributed by atoms with E-state index in [9.17, 15) is 4.79 Å². The highest BCUT2D eigenvalue weighted by molar-refractivity contribution is 5.81. The minimum absolute atomic E-state index is 0.0985. The van der Waals surface area contributed by atoms with E-state index in [4.69, 9.17) is 5.73 Å². The molecule has 0 saturated carbocycles. The first-order chi connectivity index (χ1) is 8.22. The smallest absolute Gasteiger partial charge is 0.239 e. The van der Waals surface area contributed by atoms with Crippen molar-refractivity contribution in [1.82, 2.24) is 4.90 Å². The number of nitrogens with two attached hydrogens (primary N) is 1. The van der Waals surface area contributed by atoms with Gasteiger partial charge in [-0.25, -0.2) is 0 Å². The summed E-state index contributed by atoms with van der Waals surface area (Å²) in [4.78, 5) is 14.0. The van der Waals surface area contributed by atoms with E-state index in [-0.39, 0.29) is 11.9 Å². The zero-order valence-electron chi connectivity index (χ0n) is 10.4. The molecule has 0 saturated heterocycles. The molecule has 1 amide bonds. The Labute approximate surface area is 103 Å². The Morgan fingerprint density at radius 1 is 1.41 bits per heavy atom. The minimum atomic E-state index is -0.328. The molecule has 0 aliphatic carbocycles. The van der Waals surface area contributed by atoms with E-state index in [2.05, 4.69) is 25.1 Å². The lowest BCUT2D eigenvalue weighted by atomic mass is 9.99. The monoisotopic (exact) mass is 232 g/mol. The maximum Gasteiger partial charge on any atom is 0.239 e. The molecule has 0 bridgehead atoms. The average Bonchev–Trinajstić information content (AvgIpc) is 2.37. The van der Waals surface area contributed by atoms with Gasteiger partial charge in [-0.15, -0.1) is 0 Å². The summed E-state index contributed by atoms with van der Waals surface area (Å²) in [6.45, 7) is 3.57. The van der Waals surface area contributed by atoms with Crippen LogP contribution in [-0.2, 0) is 17.8 Å². The summed E-state index contributed by atoms with van der Waals surface area (Å²) in [7, 11) is 0. The zero-order valence-corrected chi connectivity index (χ0v) is 10.4. The molecule has 3 nitrogen and oxygen atoms in total. The van der Waals surface area contributed by atoms with Crippen LogP contribution in [0.1, 0.15) is 30.9 Å². The molecule has 1 atom stereocenters. The van der Waals surface area contributed by atoms with Gasteiger partial charge in [0, 0.05) is 13.1 Å². The van der Waals surface area contributed by atoms with Crippen molar-refractivity contribution in [2.24, 2.45) is 5.73 Å². The highest BCUT2D eigenvalue weighted by atomic mass is 16.2. The molecule has 92 valence electrons. The fourth-order valence-electron chi connectivity index (χ4n) is 2.35. The van der Waals surface area contributed by atoms with E-state index >= 15 is 0 Å². The van der Waals surface area contributed by atoms with Crippen molar-refractivity contribution >= 4 is 5.91 Å². The fourth-order valence-corrected chi connectivity index (χ4v) is 2.35. The Morgan fingerprint density at radius 2 is 2.12 bits per heavy atom. The molecular weight excluding hydrogens is 212 g/mol. The van der Waals surface area contributed by atoms with E-state index in [1.807, 2.05) is 11.0 Å². The van der Waals surface area contributed by atoms with Crippen LogP contribution >= 0.6 is 0 Å². The lowest BCUT2D eigenvalue weighted by Gasteiger charge is -2.30. The normalized spacial score (nSPS) is 16.5. The first-order valence-electron chi connectivity index (χ1n) is 6.33. The molecule has 3 heteroatoms.